The Hall–Kier alpha value is -2.89. The molecule has 0 spiro atoms. The predicted molar refractivity (Wildman–Crippen MR) is 284 cm³/mol. The van der Waals surface area contributed by atoms with Crippen LogP contribution in [0.25, 0.3) is 0 Å². The van der Waals surface area contributed by atoms with E-state index in [9.17, 15) is 14.4 Å². The van der Waals surface area contributed by atoms with Gasteiger partial charge in [-0.25, -0.2) is 0 Å². The van der Waals surface area contributed by atoms with Crippen LogP contribution in [0, 0.1) is 0 Å². The molecule has 0 aliphatic rings. The van der Waals surface area contributed by atoms with Gasteiger partial charge in [0.2, 0.25) is 0 Å². The molecular weight excluding hydrogens is 817 g/mol. The predicted octanol–water partition coefficient (Wildman–Crippen LogP) is 18.8. The van der Waals surface area contributed by atoms with E-state index in [0.29, 0.717) is 19.3 Å². The summed E-state index contributed by atoms with van der Waals surface area (Å²) >= 11 is 0. The van der Waals surface area contributed by atoms with Gasteiger partial charge in [-0.3, -0.25) is 14.4 Å². The summed E-state index contributed by atoms with van der Waals surface area (Å²) in [4.78, 5) is 37.9. The summed E-state index contributed by atoms with van der Waals surface area (Å²) in [6, 6.07) is 0. The summed E-state index contributed by atoms with van der Waals surface area (Å²) in [7, 11) is 0. The lowest BCUT2D eigenvalue weighted by molar-refractivity contribution is -0.167. The monoisotopic (exact) mass is 923 g/mol. The number of carbonyl (C=O) groups excluding carboxylic acids is 3. The van der Waals surface area contributed by atoms with E-state index in [0.717, 1.165) is 89.9 Å². The molecule has 0 aliphatic heterocycles. The molecule has 0 radical (unpaired) electrons. The zero-order chi connectivity index (χ0) is 47.9. The van der Waals surface area contributed by atoms with Crippen molar-refractivity contribution in [1.82, 2.24) is 0 Å². The quantitative estimate of drug-likeness (QED) is 0.0262. The molecule has 0 heterocycles. The van der Waals surface area contributed by atoms with Crippen LogP contribution in [0.5, 0.6) is 0 Å². The van der Waals surface area contributed by atoms with Crippen LogP contribution in [-0.4, -0.2) is 37.2 Å². The summed E-state index contributed by atoms with van der Waals surface area (Å²) in [6.45, 7) is 6.49. The van der Waals surface area contributed by atoms with Gasteiger partial charge >= 0.3 is 17.9 Å². The maximum atomic E-state index is 12.8. The van der Waals surface area contributed by atoms with Gasteiger partial charge in [0, 0.05) is 19.3 Å². The molecule has 0 saturated heterocycles. The SMILES string of the molecule is CC/C=C\C/C=C\C/C=C\C/C=C\CCCCCCCCCCCCCCCCC(=O)OCC(COC(=O)CCCCCCCCCC)OC(=O)CCCCCCC/C=C\CCCCCC. The summed E-state index contributed by atoms with van der Waals surface area (Å²) < 4.78 is 16.8. The van der Waals surface area contributed by atoms with Crippen molar-refractivity contribution < 1.29 is 28.6 Å². The number of unbranched alkanes of at least 4 members (excludes halogenated alkanes) is 30. The minimum absolute atomic E-state index is 0.0747. The van der Waals surface area contributed by atoms with Gasteiger partial charge in [-0.15, -0.1) is 0 Å². The van der Waals surface area contributed by atoms with Crippen LogP contribution in [0.4, 0.5) is 0 Å². The molecule has 0 rings (SSSR count). The fourth-order valence-electron chi connectivity index (χ4n) is 8.02. The van der Waals surface area contributed by atoms with Gasteiger partial charge in [-0.05, 0) is 83.5 Å². The van der Waals surface area contributed by atoms with E-state index in [1.165, 1.54) is 154 Å². The number of esters is 3. The van der Waals surface area contributed by atoms with E-state index in [1.807, 2.05) is 0 Å². The molecule has 6 nitrogen and oxygen atoms in total. The number of allylic oxidation sites excluding steroid dienone is 10. The highest BCUT2D eigenvalue weighted by atomic mass is 16.6. The second kappa shape index (κ2) is 54.7. The average molecular weight is 924 g/mol. The van der Waals surface area contributed by atoms with Crippen molar-refractivity contribution in [2.75, 3.05) is 13.2 Å². The fraction of sp³-hybridized carbons (Fsp3) is 0.783. The molecule has 66 heavy (non-hydrogen) atoms. The fourth-order valence-corrected chi connectivity index (χ4v) is 8.02. The van der Waals surface area contributed by atoms with Crippen LogP contribution in [0.15, 0.2) is 60.8 Å². The molecule has 0 saturated carbocycles. The van der Waals surface area contributed by atoms with Crippen LogP contribution >= 0.6 is 0 Å². The minimum Gasteiger partial charge on any atom is -0.462 e. The van der Waals surface area contributed by atoms with Crippen molar-refractivity contribution in [3.8, 4) is 0 Å². The molecule has 0 N–H and O–H groups in total. The third-order valence-electron chi connectivity index (χ3n) is 12.3. The Morgan fingerprint density at radius 2 is 0.591 bits per heavy atom. The van der Waals surface area contributed by atoms with Gasteiger partial charge in [0.15, 0.2) is 6.10 Å². The van der Waals surface area contributed by atoms with Crippen molar-refractivity contribution >= 4 is 17.9 Å². The van der Waals surface area contributed by atoms with Crippen LogP contribution < -0.4 is 0 Å². The molecule has 0 aromatic rings. The topological polar surface area (TPSA) is 78.9 Å². The first-order valence-electron chi connectivity index (χ1n) is 28.3. The maximum Gasteiger partial charge on any atom is 0.306 e. The first-order chi connectivity index (χ1) is 32.5. The molecule has 0 bridgehead atoms. The lowest BCUT2D eigenvalue weighted by atomic mass is 10.0. The number of hydrogen-bond donors (Lipinski definition) is 0. The van der Waals surface area contributed by atoms with E-state index in [2.05, 4.69) is 81.5 Å². The maximum absolute atomic E-state index is 12.8. The van der Waals surface area contributed by atoms with E-state index in [1.54, 1.807) is 0 Å². The Balaban J connectivity index is 4.12. The number of ether oxygens (including phenoxy) is 3. The van der Waals surface area contributed by atoms with Crippen LogP contribution in [-0.2, 0) is 28.6 Å². The van der Waals surface area contributed by atoms with Gasteiger partial charge in [-0.1, -0.05) is 242 Å². The normalized spacial score (nSPS) is 12.5. The molecule has 0 fully saturated rings. The zero-order valence-corrected chi connectivity index (χ0v) is 43.7. The van der Waals surface area contributed by atoms with Crippen LogP contribution in [0.3, 0.4) is 0 Å². The highest BCUT2D eigenvalue weighted by Crippen LogP contribution is 2.16. The largest absolute Gasteiger partial charge is 0.462 e. The highest BCUT2D eigenvalue weighted by molar-refractivity contribution is 5.71. The number of rotatable bonds is 51. The smallest absolute Gasteiger partial charge is 0.306 e. The van der Waals surface area contributed by atoms with Crippen LogP contribution in [0.2, 0.25) is 0 Å². The van der Waals surface area contributed by atoms with Gasteiger partial charge in [0.05, 0.1) is 0 Å². The van der Waals surface area contributed by atoms with Gasteiger partial charge < -0.3 is 14.2 Å². The standard InChI is InChI=1S/C60H106O6/c1-4-7-10-13-16-19-21-23-24-25-26-27-28-29-30-31-32-33-34-35-36-38-39-41-44-47-50-53-59(62)65-56-57(55-64-58(61)52-49-46-43-18-15-12-9-6-3)66-60(63)54-51-48-45-42-40-37-22-20-17-14-11-8-5-2/h7,10,16,19-20,22-24,26-27,57H,4-6,8-9,11-15,17-18,21,25,28-56H2,1-3H3/b10-7-,19-16-,22-20-,24-23-,27-26-. The first kappa shape index (κ1) is 63.1. The Kier molecular flexibility index (Phi) is 52.3. The molecule has 0 amide bonds. The van der Waals surface area contributed by atoms with E-state index in [4.69, 9.17) is 14.2 Å². The molecule has 0 aromatic carbocycles. The minimum atomic E-state index is -0.773. The summed E-state index contributed by atoms with van der Waals surface area (Å²) in [5.41, 5.74) is 0. The molecular formula is C60H106O6. The second-order valence-electron chi connectivity index (χ2n) is 18.8. The van der Waals surface area contributed by atoms with Gasteiger partial charge in [0.1, 0.15) is 13.2 Å². The summed E-state index contributed by atoms with van der Waals surface area (Å²) in [5.74, 6) is -0.880. The summed E-state index contributed by atoms with van der Waals surface area (Å²) in [6.07, 6.45) is 68.0. The zero-order valence-electron chi connectivity index (χ0n) is 43.7. The van der Waals surface area contributed by atoms with Gasteiger partial charge in [0.25, 0.3) is 0 Å². The number of hydrogen-bond acceptors (Lipinski definition) is 6. The van der Waals surface area contributed by atoms with Crippen molar-refractivity contribution in [3.05, 3.63) is 60.8 Å². The lowest BCUT2D eigenvalue weighted by Crippen LogP contribution is -2.30. The average Bonchev–Trinajstić information content (AvgIpc) is 3.31. The Bertz CT molecular complexity index is 1200. The Labute approximate surface area is 409 Å². The molecule has 1 unspecified atom stereocenters. The van der Waals surface area contributed by atoms with Crippen molar-refractivity contribution in [3.63, 3.8) is 0 Å². The third kappa shape index (κ3) is 52.1. The Morgan fingerprint density at radius 3 is 0.955 bits per heavy atom. The van der Waals surface area contributed by atoms with Crippen molar-refractivity contribution in [2.24, 2.45) is 0 Å². The molecule has 1 atom stereocenters. The molecule has 6 heteroatoms. The number of carbonyl (C=O) groups is 3. The lowest BCUT2D eigenvalue weighted by Gasteiger charge is -2.18. The molecule has 382 valence electrons. The van der Waals surface area contributed by atoms with Crippen molar-refractivity contribution in [1.29, 1.82) is 0 Å². The van der Waals surface area contributed by atoms with Crippen molar-refractivity contribution in [2.45, 2.75) is 290 Å². The van der Waals surface area contributed by atoms with Crippen LogP contribution in [0.1, 0.15) is 284 Å². The van der Waals surface area contributed by atoms with E-state index < -0.39 is 6.10 Å². The highest BCUT2D eigenvalue weighted by Gasteiger charge is 2.19. The second-order valence-corrected chi connectivity index (χ2v) is 18.8. The Morgan fingerprint density at radius 1 is 0.318 bits per heavy atom. The van der Waals surface area contributed by atoms with Gasteiger partial charge in [-0.2, -0.15) is 0 Å². The van der Waals surface area contributed by atoms with E-state index >= 15 is 0 Å². The molecule has 0 aromatic heterocycles. The first-order valence-corrected chi connectivity index (χ1v) is 28.3. The molecule has 0 aliphatic carbocycles. The summed E-state index contributed by atoms with van der Waals surface area (Å²) in [5, 5.41) is 0. The van der Waals surface area contributed by atoms with E-state index in [-0.39, 0.29) is 31.1 Å². The third-order valence-corrected chi connectivity index (χ3v) is 12.3.